The third-order valence-corrected chi connectivity index (χ3v) is 3.26. The second kappa shape index (κ2) is 7.07. The molecule has 0 fully saturated rings. The van der Waals surface area contributed by atoms with Crippen molar-refractivity contribution in [2.75, 3.05) is 28.2 Å². The molecule has 0 aromatic rings. The molecule has 0 aromatic carbocycles. The molecule has 0 aliphatic heterocycles. The van der Waals surface area contributed by atoms with Crippen LogP contribution in [0.1, 0.15) is 34.6 Å². The monoisotopic (exact) mass is 285 g/mol. The molecular weight excluding hydrogens is 254 g/mol. The van der Waals surface area contributed by atoms with Crippen LogP contribution in [0.25, 0.3) is 0 Å². The van der Waals surface area contributed by atoms with Crippen LogP contribution in [0.5, 0.6) is 0 Å². The molecule has 0 rings (SSSR count). The van der Waals surface area contributed by atoms with Crippen LogP contribution in [0.2, 0.25) is 0 Å². The van der Waals surface area contributed by atoms with Crippen molar-refractivity contribution in [3.05, 3.63) is 0 Å². The van der Waals surface area contributed by atoms with E-state index in [4.69, 9.17) is 0 Å². The van der Waals surface area contributed by atoms with E-state index in [1.807, 2.05) is 53.6 Å². The molecule has 0 radical (unpaired) electrons. The minimum atomic E-state index is -0.484. The van der Waals surface area contributed by atoms with Crippen molar-refractivity contribution >= 4 is 11.8 Å². The minimum Gasteiger partial charge on any atom is -0.347 e. The van der Waals surface area contributed by atoms with E-state index < -0.39 is 6.04 Å². The van der Waals surface area contributed by atoms with E-state index in [0.29, 0.717) is 0 Å². The molecule has 0 heterocycles. The summed E-state index contributed by atoms with van der Waals surface area (Å²) < 4.78 is 0. The summed E-state index contributed by atoms with van der Waals surface area (Å²) in [6.07, 6.45) is 0. The van der Waals surface area contributed by atoms with E-state index >= 15 is 0 Å². The van der Waals surface area contributed by atoms with Crippen molar-refractivity contribution in [2.24, 2.45) is 11.3 Å². The van der Waals surface area contributed by atoms with Gasteiger partial charge in [-0.3, -0.25) is 14.5 Å². The van der Waals surface area contributed by atoms with Gasteiger partial charge in [0.25, 0.3) is 0 Å². The lowest BCUT2D eigenvalue weighted by Crippen LogP contribution is -2.57. The van der Waals surface area contributed by atoms with Gasteiger partial charge in [0.1, 0.15) is 6.04 Å². The molecule has 0 aliphatic carbocycles. The predicted molar refractivity (Wildman–Crippen MR) is 82.4 cm³/mol. The lowest BCUT2D eigenvalue weighted by atomic mass is 9.85. The molecule has 20 heavy (non-hydrogen) atoms. The van der Waals surface area contributed by atoms with E-state index in [1.165, 1.54) is 4.90 Å². The van der Waals surface area contributed by atoms with Crippen LogP contribution < -0.4 is 5.32 Å². The van der Waals surface area contributed by atoms with Gasteiger partial charge in [-0.1, -0.05) is 34.6 Å². The third kappa shape index (κ3) is 5.12. The van der Waals surface area contributed by atoms with Gasteiger partial charge < -0.3 is 10.2 Å². The van der Waals surface area contributed by atoms with Crippen LogP contribution >= 0.6 is 0 Å². The molecule has 0 bridgehead atoms. The van der Waals surface area contributed by atoms with E-state index in [9.17, 15) is 9.59 Å². The Balaban J connectivity index is 5.14. The molecule has 118 valence electrons. The van der Waals surface area contributed by atoms with Crippen molar-refractivity contribution < 1.29 is 9.59 Å². The zero-order chi connectivity index (χ0) is 16.2. The number of nitrogens with zero attached hydrogens (tertiary/aromatic N) is 2. The summed E-state index contributed by atoms with van der Waals surface area (Å²) in [6, 6.07) is -0.763. The Kier molecular flexibility index (Phi) is 6.68. The molecule has 0 aliphatic rings. The van der Waals surface area contributed by atoms with Crippen molar-refractivity contribution in [1.82, 2.24) is 15.1 Å². The second-order valence-electron chi connectivity index (χ2n) is 7.20. The maximum Gasteiger partial charge on any atom is 0.244 e. The van der Waals surface area contributed by atoms with E-state index in [2.05, 4.69) is 5.32 Å². The van der Waals surface area contributed by atoms with Crippen LogP contribution in [0.3, 0.4) is 0 Å². The van der Waals surface area contributed by atoms with Gasteiger partial charge in [-0.2, -0.15) is 0 Å². The second-order valence-corrected chi connectivity index (χ2v) is 7.20. The summed E-state index contributed by atoms with van der Waals surface area (Å²) in [6.45, 7) is 9.95. The van der Waals surface area contributed by atoms with Gasteiger partial charge in [-0.25, -0.2) is 0 Å². The number of rotatable bonds is 5. The normalized spacial score (nSPS) is 15.2. The Morgan fingerprint density at radius 2 is 1.45 bits per heavy atom. The average molecular weight is 285 g/mol. The van der Waals surface area contributed by atoms with Crippen LogP contribution in [0.4, 0.5) is 0 Å². The van der Waals surface area contributed by atoms with E-state index in [-0.39, 0.29) is 29.2 Å². The first-order chi connectivity index (χ1) is 8.89. The lowest BCUT2D eigenvalue weighted by Gasteiger charge is -2.36. The fourth-order valence-electron chi connectivity index (χ4n) is 2.43. The molecule has 5 heteroatoms. The Morgan fingerprint density at radius 3 is 1.70 bits per heavy atom. The topological polar surface area (TPSA) is 52.7 Å². The number of carbonyl (C=O) groups is 2. The highest BCUT2D eigenvalue weighted by Gasteiger charge is 2.36. The van der Waals surface area contributed by atoms with Crippen LogP contribution in [0.15, 0.2) is 0 Å². The molecule has 0 unspecified atom stereocenters. The van der Waals surface area contributed by atoms with Crippen LogP contribution in [0, 0.1) is 11.3 Å². The quantitative estimate of drug-likeness (QED) is 0.825. The first-order valence-electron chi connectivity index (χ1n) is 7.07. The van der Waals surface area contributed by atoms with Gasteiger partial charge in [0.2, 0.25) is 11.8 Å². The summed E-state index contributed by atoms with van der Waals surface area (Å²) in [4.78, 5) is 28.1. The molecular formula is C15H31N3O2. The zero-order valence-electron chi connectivity index (χ0n) is 14.4. The molecule has 0 saturated heterocycles. The SMILES string of the molecule is CC(C)[C@H](NC(=O)[C@@H](N(C)C)C(C)(C)C)C(=O)N(C)C. The van der Waals surface area contributed by atoms with Crippen molar-refractivity contribution in [3.63, 3.8) is 0 Å². The van der Waals surface area contributed by atoms with Gasteiger partial charge >= 0.3 is 0 Å². The average Bonchev–Trinajstić information content (AvgIpc) is 2.21. The maximum absolute atomic E-state index is 12.5. The Bertz CT molecular complexity index is 344. The number of hydrogen-bond acceptors (Lipinski definition) is 3. The van der Waals surface area contributed by atoms with Gasteiger partial charge in [0.15, 0.2) is 0 Å². The van der Waals surface area contributed by atoms with E-state index in [1.54, 1.807) is 14.1 Å². The summed E-state index contributed by atoms with van der Waals surface area (Å²) in [7, 11) is 7.18. The number of carbonyl (C=O) groups excluding carboxylic acids is 2. The molecule has 2 amide bonds. The molecule has 1 N–H and O–H groups in total. The van der Waals surface area contributed by atoms with Crippen molar-refractivity contribution in [2.45, 2.75) is 46.7 Å². The van der Waals surface area contributed by atoms with E-state index in [0.717, 1.165) is 0 Å². The first kappa shape index (κ1) is 18.9. The standard InChI is InChI=1S/C15H31N3O2/c1-10(2)11(14(20)18(8)9)16-13(19)12(17(6)7)15(3,4)5/h10-12H,1-9H3,(H,16,19)/t11-,12+/m0/s1. The molecule has 0 spiro atoms. The van der Waals surface area contributed by atoms with Crippen molar-refractivity contribution in [3.8, 4) is 0 Å². The van der Waals surface area contributed by atoms with Gasteiger partial charge in [0.05, 0.1) is 6.04 Å². The van der Waals surface area contributed by atoms with Gasteiger partial charge in [-0.05, 0) is 25.4 Å². The Hall–Kier alpha value is -1.10. The lowest BCUT2D eigenvalue weighted by molar-refractivity contribution is -0.138. The Morgan fingerprint density at radius 1 is 1.00 bits per heavy atom. The highest BCUT2D eigenvalue weighted by molar-refractivity contribution is 5.90. The highest BCUT2D eigenvalue weighted by atomic mass is 16.2. The minimum absolute atomic E-state index is 0.0524. The maximum atomic E-state index is 12.5. The zero-order valence-corrected chi connectivity index (χ0v) is 14.4. The Labute approximate surface area is 123 Å². The van der Waals surface area contributed by atoms with Crippen LogP contribution in [-0.2, 0) is 9.59 Å². The molecule has 5 nitrogen and oxygen atoms in total. The predicted octanol–water partition coefficient (Wildman–Crippen LogP) is 1.19. The largest absolute Gasteiger partial charge is 0.347 e. The molecule has 0 saturated carbocycles. The fraction of sp³-hybridized carbons (Fsp3) is 0.867. The number of amides is 2. The number of hydrogen-bond donors (Lipinski definition) is 1. The van der Waals surface area contributed by atoms with Crippen molar-refractivity contribution in [1.29, 1.82) is 0 Å². The summed E-state index contributed by atoms with van der Waals surface area (Å²) in [5, 5.41) is 2.91. The first-order valence-corrected chi connectivity index (χ1v) is 7.07. The highest BCUT2D eigenvalue weighted by Crippen LogP contribution is 2.23. The fourth-order valence-corrected chi connectivity index (χ4v) is 2.43. The summed E-state index contributed by atoms with van der Waals surface area (Å²) in [5.41, 5.74) is -0.198. The smallest absolute Gasteiger partial charge is 0.244 e. The van der Waals surface area contributed by atoms with Gasteiger partial charge in [0, 0.05) is 14.1 Å². The third-order valence-electron chi connectivity index (χ3n) is 3.26. The number of nitrogens with one attached hydrogen (secondary N) is 1. The number of likely N-dealkylation sites (N-methyl/N-ethyl adjacent to an activating group) is 2. The molecule has 0 aromatic heterocycles. The van der Waals surface area contributed by atoms with Gasteiger partial charge in [-0.15, -0.1) is 0 Å². The summed E-state index contributed by atoms with van der Waals surface area (Å²) >= 11 is 0. The van der Waals surface area contributed by atoms with Crippen LogP contribution in [-0.4, -0.2) is 61.9 Å². The molecule has 2 atom stereocenters. The summed E-state index contributed by atoms with van der Waals surface area (Å²) in [5.74, 6) is -0.118.